The summed E-state index contributed by atoms with van der Waals surface area (Å²) < 4.78 is 40.1. The van der Waals surface area contributed by atoms with Crippen molar-refractivity contribution in [2.24, 2.45) is 0 Å². The highest BCUT2D eigenvalue weighted by Gasteiger charge is 2.24. The van der Waals surface area contributed by atoms with Crippen LogP contribution < -0.4 is 10.0 Å². The van der Waals surface area contributed by atoms with E-state index in [9.17, 15) is 17.6 Å². The van der Waals surface area contributed by atoms with Crippen molar-refractivity contribution >= 4 is 44.0 Å². The molecular weight excluding hydrogens is 427 g/mol. The summed E-state index contributed by atoms with van der Waals surface area (Å²) in [5.41, 5.74) is 0.929. The van der Waals surface area contributed by atoms with Crippen molar-refractivity contribution in [3.05, 3.63) is 70.5 Å². The Morgan fingerprint density at radius 2 is 1.75 bits per heavy atom. The summed E-state index contributed by atoms with van der Waals surface area (Å²) >= 11 is 6.49. The van der Waals surface area contributed by atoms with Gasteiger partial charge in [0.1, 0.15) is 5.82 Å². The molecule has 0 radical (unpaired) electrons. The maximum atomic E-state index is 13.0. The number of carbonyl (C=O) groups excluding carboxylic acids is 1. The van der Waals surface area contributed by atoms with E-state index < -0.39 is 27.8 Å². The number of aromatic nitrogens is 2. The molecule has 11 heteroatoms. The lowest BCUT2D eigenvalue weighted by atomic mass is 10.1. The number of hydrogen-bond acceptors (Lipinski definition) is 6. The molecule has 28 heavy (non-hydrogen) atoms. The van der Waals surface area contributed by atoms with Gasteiger partial charge in [0.15, 0.2) is 0 Å². The summed E-state index contributed by atoms with van der Waals surface area (Å²) in [4.78, 5) is 12.2. The normalized spacial score (nSPS) is 12.5. The molecule has 0 unspecified atom stereocenters. The van der Waals surface area contributed by atoms with E-state index in [1.54, 1.807) is 19.1 Å². The quantitative estimate of drug-likeness (QED) is 0.570. The van der Waals surface area contributed by atoms with Crippen molar-refractivity contribution in [3.63, 3.8) is 0 Å². The van der Waals surface area contributed by atoms with Gasteiger partial charge in [-0.05, 0) is 48.9 Å². The van der Waals surface area contributed by atoms with Crippen LogP contribution in [-0.4, -0.2) is 24.5 Å². The minimum Gasteiger partial charge on any atom is -0.296 e. The van der Waals surface area contributed by atoms with E-state index in [0.717, 1.165) is 0 Å². The molecule has 0 aliphatic heterocycles. The third-order valence-corrected chi connectivity index (χ3v) is 6.66. The van der Waals surface area contributed by atoms with Crippen molar-refractivity contribution in [2.75, 3.05) is 5.32 Å². The molecule has 2 N–H and O–H groups in total. The van der Waals surface area contributed by atoms with Gasteiger partial charge in [-0.2, -0.15) is 0 Å². The van der Waals surface area contributed by atoms with Crippen LogP contribution in [0, 0.1) is 5.82 Å². The third-order valence-electron chi connectivity index (χ3n) is 3.67. The number of rotatable bonds is 6. The van der Waals surface area contributed by atoms with Gasteiger partial charge in [0, 0.05) is 16.6 Å². The van der Waals surface area contributed by atoms with Crippen LogP contribution in [0.25, 0.3) is 0 Å². The van der Waals surface area contributed by atoms with Gasteiger partial charge in [-0.25, -0.2) is 17.5 Å². The minimum absolute atomic E-state index is 0.0368. The third kappa shape index (κ3) is 4.90. The fourth-order valence-electron chi connectivity index (χ4n) is 2.24. The Hall–Kier alpha value is -2.40. The van der Waals surface area contributed by atoms with Gasteiger partial charge in [0.2, 0.25) is 9.47 Å². The fourth-order valence-corrected chi connectivity index (χ4v) is 4.51. The summed E-state index contributed by atoms with van der Waals surface area (Å²) in [6.07, 6.45) is 0. The number of carbonyl (C=O) groups is 1. The van der Waals surface area contributed by atoms with Crippen LogP contribution in [0.15, 0.2) is 52.9 Å². The van der Waals surface area contributed by atoms with Crippen molar-refractivity contribution < 1.29 is 17.6 Å². The predicted octanol–water partition coefficient (Wildman–Crippen LogP) is 3.62. The van der Waals surface area contributed by atoms with E-state index in [1.807, 2.05) is 0 Å². The predicted molar refractivity (Wildman–Crippen MR) is 104 cm³/mol. The van der Waals surface area contributed by atoms with E-state index >= 15 is 0 Å². The molecule has 146 valence electrons. The van der Waals surface area contributed by atoms with Crippen LogP contribution in [0.1, 0.15) is 28.9 Å². The van der Waals surface area contributed by atoms with E-state index in [2.05, 4.69) is 20.2 Å². The van der Waals surface area contributed by atoms with Crippen molar-refractivity contribution in [1.29, 1.82) is 0 Å². The highest BCUT2D eigenvalue weighted by molar-refractivity contribution is 7.91. The van der Waals surface area contributed by atoms with E-state index in [1.165, 1.54) is 36.4 Å². The molecule has 1 aromatic heterocycles. The number of amides is 1. The van der Waals surface area contributed by atoms with Gasteiger partial charge in [-0.3, -0.25) is 10.1 Å². The summed E-state index contributed by atoms with van der Waals surface area (Å²) in [6.45, 7) is 1.62. The minimum atomic E-state index is -3.97. The molecule has 3 aromatic rings. The van der Waals surface area contributed by atoms with Crippen LogP contribution in [0.2, 0.25) is 5.02 Å². The zero-order valence-corrected chi connectivity index (χ0v) is 16.8. The van der Waals surface area contributed by atoms with Crippen molar-refractivity contribution in [2.45, 2.75) is 17.3 Å². The van der Waals surface area contributed by atoms with Crippen LogP contribution in [0.4, 0.5) is 9.52 Å². The average molecular weight is 441 g/mol. The first-order chi connectivity index (χ1) is 13.2. The van der Waals surface area contributed by atoms with Crippen LogP contribution in [0.5, 0.6) is 0 Å². The molecule has 0 saturated carbocycles. The number of benzene rings is 2. The van der Waals surface area contributed by atoms with Gasteiger partial charge in [-0.15, -0.1) is 10.2 Å². The molecule has 3 rings (SSSR count). The second-order valence-electron chi connectivity index (χ2n) is 5.73. The molecule has 1 atom stereocenters. The lowest BCUT2D eigenvalue weighted by Gasteiger charge is -2.12. The molecule has 1 heterocycles. The first-order valence-corrected chi connectivity index (χ1v) is 10.6. The summed E-state index contributed by atoms with van der Waals surface area (Å²) in [5, 5.41) is 10.3. The SMILES string of the molecule is C[C@H](NS(=O)(=O)c1nnc(NC(=O)c2ccc(Cl)cc2)s1)c1ccc(F)cc1. The molecule has 7 nitrogen and oxygen atoms in total. The number of nitrogens with one attached hydrogen (secondary N) is 2. The van der Waals surface area contributed by atoms with E-state index in [-0.39, 0.29) is 9.47 Å². The monoisotopic (exact) mass is 440 g/mol. The summed E-state index contributed by atoms with van der Waals surface area (Å²) in [5.74, 6) is -0.881. The van der Waals surface area contributed by atoms with E-state index in [0.29, 0.717) is 27.5 Å². The smallest absolute Gasteiger partial charge is 0.270 e. The molecule has 1 amide bonds. The van der Waals surface area contributed by atoms with Crippen molar-refractivity contribution in [3.8, 4) is 0 Å². The maximum Gasteiger partial charge on any atom is 0.270 e. The van der Waals surface area contributed by atoms with Crippen molar-refractivity contribution in [1.82, 2.24) is 14.9 Å². The van der Waals surface area contributed by atoms with Gasteiger partial charge < -0.3 is 0 Å². The second-order valence-corrected chi connectivity index (χ2v) is 9.03. The highest BCUT2D eigenvalue weighted by atomic mass is 35.5. The van der Waals surface area contributed by atoms with Crippen LogP contribution in [-0.2, 0) is 10.0 Å². The average Bonchev–Trinajstić information content (AvgIpc) is 3.12. The Morgan fingerprint density at radius 1 is 1.11 bits per heavy atom. The zero-order valence-electron chi connectivity index (χ0n) is 14.4. The first-order valence-electron chi connectivity index (χ1n) is 7.93. The molecule has 0 spiro atoms. The first kappa shape index (κ1) is 20.3. The largest absolute Gasteiger partial charge is 0.296 e. The van der Waals surface area contributed by atoms with E-state index in [4.69, 9.17) is 11.6 Å². The maximum absolute atomic E-state index is 13.0. The van der Waals surface area contributed by atoms with Crippen LogP contribution >= 0.6 is 22.9 Å². The molecule has 0 aliphatic rings. The molecule has 0 aliphatic carbocycles. The highest BCUT2D eigenvalue weighted by Crippen LogP contribution is 2.23. The Balaban J connectivity index is 1.70. The molecular formula is C17H14ClFN4O3S2. The second kappa shape index (κ2) is 8.31. The number of sulfonamides is 1. The Kier molecular flexibility index (Phi) is 6.04. The Bertz CT molecular complexity index is 1090. The zero-order chi connectivity index (χ0) is 20.3. The number of anilines is 1. The van der Waals surface area contributed by atoms with Gasteiger partial charge in [0.25, 0.3) is 15.9 Å². The lowest BCUT2D eigenvalue weighted by molar-refractivity contribution is 0.102. The number of nitrogens with zero attached hydrogens (tertiary/aromatic N) is 2. The summed E-state index contributed by atoms with van der Waals surface area (Å²) in [7, 11) is -3.97. The van der Waals surface area contributed by atoms with Gasteiger partial charge >= 0.3 is 0 Å². The molecule has 2 aromatic carbocycles. The molecule has 0 bridgehead atoms. The Labute approximate surface area is 169 Å². The molecule has 0 fully saturated rings. The van der Waals surface area contributed by atoms with Gasteiger partial charge in [-0.1, -0.05) is 35.1 Å². The van der Waals surface area contributed by atoms with Crippen LogP contribution in [0.3, 0.4) is 0 Å². The standard InChI is InChI=1S/C17H14ClFN4O3S2/c1-10(11-4-8-14(19)9-5-11)23-28(25,26)17-22-21-16(27-17)20-15(24)12-2-6-13(18)7-3-12/h2-10,23H,1H3,(H,20,21,24)/t10-/m0/s1. The fraction of sp³-hybridized carbons (Fsp3) is 0.118. The number of halogens is 2. The lowest BCUT2D eigenvalue weighted by Crippen LogP contribution is -2.26. The Morgan fingerprint density at radius 3 is 2.39 bits per heavy atom. The molecule has 0 saturated heterocycles. The number of hydrogen-bond donors (Lipinski definition) is 2. The van der Waals surface area contributed by atoms with Gasteiger partial charge in [0.05, 0.1) is 0 Å². The summed E-state index contributed by atoms with van der Waals surface area (Å²) in [6, 6.07) is 11.0. The topological polar surface area (TPSA) is 101 Å².